The Labute approximate surface area is 89.4 Å². The van der Waals surface area contributed by atoms with Crippen molar-refractivity contribution in [3.63, 3.8) is 0 Å². The topological polar surface area (TPSA) is 32.3 Å². The fourth-order valence-corrected chi connectivity index (χ4v) is 2.03. The largest absolute Gasteiger partial charge is 0.326 e. The Morgan fingerprint density at radius 2 is 2.33 bits per heavy atom. The van der Waals surface area contributed by atoms with Gasteiger partial charge >= 0.3 is 6.03 Å². The first-order valence-corrected chi connectivity index (χ1v) is 5.02. The van der Waals surface area contributed by atoms with Crippen LogP contribution in [0.3, 0.4) is 0 Å². The van der Waals surface area contributed by atoms with Crippen LogP contribution in [0.5, 0.6) is 0 Å². The Morgan fingerprint density at radius 1 is 1.60 bits per heavy atom. The summed E-state index contributed by atoms with van der Waals surface area (Å²) < 4.78 is 0. The molecule has 1 atom stereocenters. The number of benzene rings is 1. The third-order valence-electron chi connectivity index (χ3n) is 2.65. The summed E-state index contributed by atoms with van der Waals surface area (Å²) in [6, 6.07) is 8.09. The van der Waals surface area contributed by atoms with E-state index in [-0.39, 0.29) is 12.1 Å². The minimum absolute atomic E-state index is 0.109. The molecule has 15 heavy (non-hydrogen) atoms. The van der Waals surface area contributed by atoms with E-state index in [9.17, 15) is 4.79 Å². The molecule has 0 radical (unpaired) electrons. The molecule has 0 saturated heterocycles. The molecule has 0 bridgehead atoms. The van der Waals surface area contributed by atoms with Crippen LogP contribution in [0.4, 0.5) is 10.5 Å². The maximum atomic E-state index is 11.8. The van der Waals surface area contributed by atoms with Crippen LogP contribution < -0.4 is 10.2 Å². The lowest BCUT2D eigenvalue weighted by atomic mass is 10.1. The molecule has 0 aliphatic carbocycles. The van der Waals surface area contributed by atoms with Gasteiger partial charge in [-0.3, -0.25) is 4.90 Å². The maximum absolute atomic E-state index is 11.8. The van der Waals surface area contributed by atoms with Crippen molar-refractivity contribution in [2.75, 3.05) is 4.90 Å². The van der Waals surface area contributed by atoms with Crippen LogP contribution in [0.25, 0.3) is 0 Å². The van der Waals surface area contributed by atoms with Crippen molar-refractivity contribution in [2.24, 2.45) is 0 Å². The normalized spacial score (nSPS) is 18.5. The number of anilines is 1. The molecule has 2 amide bonds. The van der Waals surface area contributed by atoms with Gasteiger partial charge in [0.15, 0.2) is 0 Å². The second-order valence-electron chi connectivity index (χ2n) is 3.71. The molecule has 3 nitrogen and oxygen atoms in total. The van der Waals surface area contributed by atoms with Gasteiger partial charge in [-0.2, -0.15) is 0 Å². The molecule has 1 N–H and O–H groups in total. The van der Waals surface area contributed by atoms with Gasteiger partial charge in [-0.1, -0.05) is 24.8 Å². The van der Waals surface area contributed by atoms with Gasteiger partial charge in [0.25, 0.3) is 0 Å². The van der Waals surface area contributed by atoms with Crippen molar-refractivity contribution in [1.82, 2.24) is 5.32 Å². The lowest BCUT2D eigenvalue weighted by Crippen LogP contribution is -2.41. The summed E-state index contributed by atoms with van der Waals surface area (Å²) in [5.74, 6) is 0. The molecule has 0 spiro atoms. The number of carbonyl (C=O) groups is 1. The van der Waals surface area contributed by atoms with E-state index in [1.54, 1.807) is 4.90 Å². The lowest BCUT2D eigenvalue weighted by Gasteiger charge is -2.21. The quantitative estimate of drug-likeness (QED) is 0.744. The highest BCUT2D eigenvalue weighted by molar-refractivity contribution is 5.95. The van der Waals surface area contributed by atoms with Crippen LogP contribution in [0, 0.1) is 0 Å². The van der Waals surface area contributed by atoms with Gasteiger partial charge in [0, 0.05) is 11.7 Å². The van der Waals surface area contributed by atoms with Gasteiger partial charge in [-0.05, 0) is 31.2 Å². The predicted molar refractivity (Wildman–Crippen MR) is 60.8 cm³/mol. The molecule has 1 unspecified atom stereocenters. The van der Waals surface area contributed by atoms with E-state index in [0.29, 0.717) is 0 Å². The summed E-state index contributed by atoms with van der Waals surface area (Å²) in [4.78, 5) is 13.5. The van der Waals surface area contributed by atoms with Gasteiger partial charge in [0.2, 0.25) is 0 Å². The highest BCUT2D eigenvalue weighted by atomic mass is 16.2. The van der Waals surface area contributed by atoms with Crippen molar-refractivity contribution < 1.29 is 4.79 Å². The van der Waals surface area contributed by atoms with Crippen LogP contribution >= 0.6 is 0 Å². The van der Waals surface area contributed by atoms with Gasteiger partial charge in [-0.25, -0.2) is 4.79 Å². The molecule has 1 aromatic carbocycles. The fourth-order valence-electron chi connectivity index (χ4n) is 2.03. The minimum Gasteiger partial charge on any atom is -0.315 e. The second-order valence-corrected chi connectivity index (χ2v) is 3.71. The van der Waals surface area contributed by atoms with Crippen LogP contribution in [0.2, 0.25) is 0 Å². The van der Waals surface area contributed by atoms with Gasteiger partial charge < -0.3 is 5.32 Å². The summed E-state index contributed by atoms with van der Waals surface area (Å²) in [6.45, 7) is 5.54. The smallest absolute Gasteiger partial charge is 0.315 e. The second kappa shape index (κ2) is 3.77. The number of para-hydroxylation sites is 1. The number of nitrogens with zero attached hydrogens (tertiary/aromatic N) is 1. The molecule has 1 aliphatic rings. The molecule has 0 saturated carbocycles. The van der Waals surface area contributed by atoms with Crippen LogP contribution in [0.1, 0.15) is 12.5 Å². The number of amides is 2. The number of rotatable bonds is 1. The van der Waals surface area contributed by atoms with Crippen LogP contribution in [-0.4, -0.2) is 12.1 Å². The maximum Gasteiger partial charge on any atom is 0.326 e. The minimum atomic E-state index is -0.109. The van der Waals surface area contributed by atoms with Crippen molar-refractivity contribution >= 4 is 11.7 Å². The fraction of sp³-hybridized carbons (Fsp3) is 0.250. The Bertz CT molecular complexity index is 400. The zero-order valence-corrected chi connectivity index (χ0v) is 8.73. The number of carbonyl (C=O) groups excluding carboxylic acids is 1. The SMILES string of the molecule is C=CNC(=O)N1c2ccccc2CC1C. The van der Waals surface area contributed by atoms with Crippen molar-refractivity contribution in [3.05, 3.63) is 42.6 Å². The Morgan fingerprint density at radius 3 is 3.07 bits per heavy atom. The number of fused-ring (bicyclic) bond motifs is 1. The van der Waals surface area contributed by atoms with E-state index >= 15 is 0 Å². The molecule has 2 rings (SSSR count). The number of hydrogen-bond acceptors (Lipinski definition) is 1. The highest BCUT2D eigenvalue weighted by Crippen LogP contribution is 2.31. The molecule has 1 heterocycles. The van der Waals surface area contributed by atoms with Gasteiger partial charge in [0.1, 0.15) is 0 Å². The predicted octanol–water partition coefficient (Wildman–Crippen LogP) is 2.29. The van der Waals surface area contributed by atoms with E-state index < -0.39 is 0 Å². The van der Waals surface area contributed by atoms with Crippen LogP contribution in [-0.2, 0) is 6.42 Å². The van der Waals surface area contributed by atoms with Crippen molar-refractivity contribution in [3.8, 4) is 0 Å². The Hall–Kier alpha value is -1.77. The zero-order valence-electron chi connectivity index (χ0n) is 8.73. The monoisotopic (exact) mass is 202 g/mol. The van der Waals surface area contributed by atoms with Gasteiger partial charge in [0.05, 0.1) is 0 Å². The summed E-state index contributed by atoms with van der Waals surface area (Å²) in [5.41, 5.74) is 2.23. The van der Waals surface area contributed by atoms with Crippen LogP contribution in [0.15, 0.2) is 37.0 Å². The van der Waals surface area contributed by atoms with E-state index in [1.165, 1.54) is 11.8 Å². The first-order valence-electron chi connectivity index (χ1n) is 5.02. The van der Waals surface area contributed by atoms with Crippen molar-refractivity contribution in [1.29, 1.82) is 0 Å². The Kier molecular flexibility index (Phi) is 2.46. The van der Waals surface area contributed by atoms with E-state index in [2.05, 4.69) is 18.0 Å². The average Bonchev–Trinajstić information content (AvgIpc) is 2.54. The molecule has 0 fully saturated rings. The van der Waals surface area contributed by atoms with E-state index in [0.717, 1.165) is 12.1 Å². The summed E-state index contributed by atoms with van der Waals surface area (Å²) >= 11 is 0. The summed E-state index contributed by atoms with van der Waals surface area (Å²) in [6.07, 6.45) is 2.33. The number of hydrogen-bond donors (Lipinski definition) is 1. The first-order chi connectivity index (χ1) is 7.24. The Balaban J connectivity index is 2.33. The first kappa shape index (κ1) is 9.77. The zero-order chi connectivity index (χ0) is 10.8. The van der Waals surface area contributed by atoms with E-state index in [1.807, 2.05) is 25.1 Å². The molecule has 1 aliphatic heterocycles. The summed E-state index contributed by atoms with van der Waals surface area (Å²) in [5, 5.41) is 2.61. The summed E-state index contributed by atoms with van der Waals surface area (Å²) in [7, 11) is 0. The average molecular weight is 202 g/mol. The van der Waals surface area contributed by atoms with E-state index in [4.69, 9.17) is 0 Å². The molecule has 1 aromatic rings. The molecule has 78 valence electrons. The molecular weight excluding hydrogens is 188 g/mol. The number of urea groups is 1. The third-order valence-corrected chi connectivity index (χ3v) is 2.65. The molecule has 3 heteroatoms. The highest BCUT2D eigenvalue weighted by Gasteiger charge is 2.29. The third kappa shape index (κ3) is 1.61. The lowest BCUT2D eigenvalue weighted by molar-refractivity contribution is 0.248. The van der Waals surface area contributed by atoms with Gasteiger partial charge in [-0.15, -0.1) is 0 Å². The van der Waals surface area contributed by atoms with Crippen molar-refractivity contribution in [2.45, 2.75) is 19.4 Å². The molecule has 0 aromatic heterocycles. The molecular formula is C12H14N2O. The number of nitrogens with one attached hydrogen (secondary N) is 1. The standard InChI is InChI=1S/C12H14N2O/c1-3-13-12(15)14-9(2)8-10-6-4-5-7-11(10)14/h3-7,9H,1,8H2,2H3,(H,13,15).